The van der Waals surface area contributed by atoms with E-state index >= 15 is 0 Å². The first-order chi connectivity index (χ1) is 7.83. The van der Waals surface area contributed by atoms with Gasteiger partial charge in [-0.1, -0.05) is 0 Å². The molecule has 1 unspecified atom stereocenters. The van der Waals surface area contributed by atoms with E-state index in [2.05, 4.69) is 5.10 Å². The van der Waals surface area contributed by atoms with E-state index in [0.717, 1.165) is 5.69 Å². The quantitative estimate of drug-likeness (QED) is 0.793. The molecule has 0 amide bonds. The van der Waals surface area contributed by atoms with E-state index < -0.39 is 9.84 Å². The molecule has 6 nitrogen and oxygen atoms in total. The van der Waals surface area contributed by atoms with Crippen molar-refractivity contribution in [1.82, 2.24) is 9.78 Å². The molecule has 1 aromatic heterocycles. The van der Waals surface area contributed by atoms with E-state index in [1.54, 1.807) is 24.9 Å². The van der Waals surface area contributed by atoms with E-state index in [1.807, 2.05) is 0 Å². The average molecular weight is 261 g/mol. The normalized spacial score (nSPS) is 13.6. The summed E-state index contributed by atoms with van der Waals surface area (Å²) in [6.45, 7) is 0. The van der Waals surface area contributed by atoms with Crippen LogP contribution in [0.15, 0.2) is 6.07 Å². The Labute approximate surface area is 102 Å². The molecule has 1 rings (SSSR count). The van der Waals surface area contributed by atoms with Gasteiger partial charge in [0.1, 0.15) is 9.84 Å². The van der Waals surface area contributed by atoms with Gasteiger partial charge in [-0.25, -0.2) is 13.1 Å². The minimum absolute atomic E-state index is 0.157. The number of hydrogen-bond donors (Lipinski definition) is 1. The first kappa shape index (κ1) is 14.0. The Hall–Kier alpha value is -1.08. The van der Waals surface area contributed by atoms with Crippen LogP contribution in [0.4, 0.5) is 0 Å². The summed E-state index contributed by atoms with van der Waals surface area (Å²) in [6.07, 6.45) is 2.36. The summed E-state index contributed by atoms with van der Waals surface area (Å²) in [7, 11) is 0.419. The van der Waals surface area contributed by atoms with Gasteiger partial charge in [0.2, 0.25) is 5.88 Å². The molecule has 0 aromatic carbocycles. The average Bonchev–Trinajstić information content (AvgIpc) is 2.57. The van der Waals surface area contributed by atoms with Gasteiger partial charge in [0.25, 0.3) is 0 Å². The fourth-order valence-corrected chi connectivity index (χ4v) is 2.25. The number of hydrogen-bond acceptors (Lipinski definition) is 5. The number of aromatic nitrogens is 2. The van der Waals surface area contributed by atoms with Gasteiger partial charge >= 0.3 is 0 Å². The van der Waals surface area contributed by atoms with Gasteiger partial charge in [0.15, 0.2) is 0 Å². The topological polar surface area (TPSA) is 87.2 Å². The highest BCUT2D eigenvalue weighted by Gasteiger charge is 2.13. The van der Waals surface area contributed by atoms with Gasteiger partial charge in [-0.3, -0.25) is 0 Å². The van der Waals surface area contributed by atoms with Crippen molar-refractivity contribution >= 4 is 9.84 Å². The maximum Gasteiger partial charge on any atom is 0.211 e. The second-order valence-corrected chi connectivity index (χ2v) is 6.37. The minimum atomic E-state index is -2.92. The van der Waals surface area contributed by atoms with Crippen LogP contribution in [0.1, 0.15) is 24.6 Å². The number of nitrogens with zero attached hydrogens (tertiary/aromatic N) is 2. The lowest BCUT2D eigenvalue weighted by molar-refractivity contribution is 0.373. The molecular weight excluding hydrogens is 242 g/mol. The van der Waals surface area contributed by atoms with E-state index in [0.29, 0.717) is 18.7 Å². The van der Waals surface area contributed by atoms with Crippen LogP contribution >= 0.6 is 0 Å². The number of nitrogens with two attached hydrogens (primary N) is 1. The summed E-state index contributed by atoms with van der Waals surface area (Å²) in [5.74, 6) is 0.795. The number of ether oxygens (including phenoxy) is 1. The third-order valence-electron chi connectivity index (χ3n) is 2.48. The second-order valence-electron chi connectivity index (χ2n) is 4.11. The van der Waals surface area contributed by atoms with Crippen LogP contribution in [0.3, 0.4) is 0 Å². The van der Waals surface area contributed by atoms with E-state index in [1.165, 1.54) is 6.26 Å². The smallest absolute Gasteiger partial charge is 0.211 e. The summed E-state index contributed by atoms with van der Waals surface area (Å²) in [5.41, 5.74) is 6.66. The van der Waals surface area contributed by atoms with Crippen LogP contribution < -0.4 is 10.5 Å². The van der Waals surface area contributed by atoms with Crippen LogP contribution in [0.5, 0.6) is 5.88 Å². The van der Waals surface area contributed by atoms with Gasteiger partial charge in [-0.15, -0.1) is 0 Å². The van der Waals surface area contributed by atoms with E-state index in [-0.39, 0.29) is 11.8 Å². The van der Waals surface area contributed by atoms with Gasteiger partial charge in [0, 0.05) is 31.2 Å². The van der Waals surface area contributed by atoms with Crippen LogP contribution in [0.2, 0.25) is 0 Å². The number of aryl methyl sites for hydroxylation is 1. The standard InChI is InChI=1S/C10H19N3O3S/c1-13-10(16-2)7-9(12-13)8(11)5-4-6-17(3,14)15/h7-8H,4-6,11H2,1-3H3. The number of methoxy groups -OCH3 is 1. The molecule has 0 saturated carbocycles. The summed E-state index contributed by atoms with van der Waals surface area (Å²) < 4.78 is 28.6. The van der Waals surface area contributed by atoms with Crippen molar-refractivity contribution in [3.8, 4) is 5.88 Å². The summed E-state index contributed by atoms with van der Waals surface area (Å²) in [4.78, 5) is 0. The predicted octanol–water partition coefficient (Wildman–Crippen LogP) is 0.253. The molecule has 7 heteroatoms. The molecule has 0 spiro atoms. The molecular formula is C10H19N3O3S. The largest absolute Gasteiger partial charge is 0.481 e. The van der Waals surface area contributed by atoms with E-state index in [9.17, 15) is 8.42 Å². The monoisotopic (exact) mass is 261 g/mol. The maximum atomic E-state index is 11.0. The molecule has 17 heavy (non-hydrogen) atoms. The van der Waals surface area contributed by atoms with Crippen molar-refractivity contribution in [1.29, 1.82) is 0 Å². The van der Waals surface area contributed by atoms with Crippen molar-refractivity contribution in [3.05, 3.63) is 11.8 Å². The van der Waals surface area contributed by atoms with Crippen molar-refractivity contribution in [2.45, 2.75) is 18.9 Å². The molecule has 0 aliphatic heterocycles. The van der Waals surface area contributed by atoms with Crippen LogP contribution in [-0.4, -0.2) is 37.3 Å². The SMILES string of the molecule is COc1cc(C(N)CCCS(C)(=O)=O)nn1C. The third kappa shape index (κ3) is 4.35. The molecule has 98 valence electrons. The second kappa shape index (κ2) is 5.50. The Morgan fingerprint density at radius 2 is 2.24 bits per heavy atom. The molecule has 0 bridgehead atoms. The van der Waals surface area contributed by atoms with Gasteiger partial charge in [-0.05, 0) is 12.8 Å². The van der Waals surface area contributed by atoms with Crippen LogP contribution in [0.25, 0.3) is 0 Å². The minimum Gasteiger partial charge on any atom is -0.481 e. The van der Waals surface area contributed by atoms with E-state index in [4.69, 9.17) is 10.5 Å². The highest BCUT2D eigenvalue weighted by atomic mass is 32.2. The van der Waals surface area contributed by atoms with Crippen LogP contribution in [0, 0.1) is 0 Å². The Morgan fingerprint density at radius 1 is 1.59 bits per heavy atom. The lowest BCUT2D eigenvalue weighted by Crippen LogP contribution is -2.13. The van der Waals surface area contributed by atoms with Gasteiger partial charge in [0.05, 0.1) is 12.8 Å². The summed E-state index contributed by atoms with van der Waals surface area (Å²) in [6, 6.07) is 1.51. The molecule has 0 fully saturated rings. The Kier molecular flexibility index (Phi) is 4.53. The molecule has 0 saturated heterocycles. The molecule has 0 radical (unpaired) electrons. The maximum absolute atomic E-state index is 11.0. The lowest BCUT2D eigenvalue weighted by Gasteiger charge is -2.07. The van der Waals surface area contributed by atoms with Crippen LogP contribution in [-0.2, 0) is 16.9 Å². The first-order valence-corrected chi connectivity index (χ1v) is 7.41. The Balaban J connectivity index is 2.55. The molecule has 2 N–H and O–H groups in total. The molecule has 0 aliphatic rings. The summed E-state index contributed by atoms with van der Waals surface area (Å²) in [5, 5.41) is 4.21. The first-order valence-electron chi connectivity index (χ1n) is 5.34. The zero-order chi connectivity index (χ0) is 13.1. The fraction of sp³-hybridized carbons (Fsp3) is 0.700. The number of rotatable bonds is 6. The zero-order valence-corrected chi connectivity index (χ0v) is 11.2. The van der Waals surface area contributed by atoms with Gasteiger partial charge in [-0.2, -0.15) is 5.10 Å². The highest BCUT2D eigenvalue weighted by molar-refractivity contribution is 7.90. The molecule has 0 aliphatic carbocycles. The number of sulfone groups is 1. The molecule has 1 atom stereocenters. The van der Waals surface area contributed by atoms with Gasteiger partial charge < -0.3 is 10.5 Å². The van der Waals surface area contributed by atoms with Crippen molar-refractivity contribution in [2.24, 2.45) is 12.8 Å². The Bertz CT molecular complexity index is 467. The Morgan fingerprint density at radius 3 is 2.71 bits per heavy atom. The van der Waals surface area contributed by atoms with Crippen molar-refractivity contribution < 1.29 is 13.2 Å². The fourth-order valence-electron chi connectivity index (χ4n) is 1.56. The zero-order valence-electron chi connectivity index (χ0n) is 10.4. The highest BCUT2D eigenvalue weighted by Crippen LogP contribution is 2.19. The van der Waals surface area contributed by atoms with Crippen molar-refractivity contribution in [3.63, 3.8) is 0 Å². The lowest BCUT2D eigenvalue weighted by atomic mass is 10.1. The predicted molar refractivity (Wildman–Crippen MR) is 65.6 cm³/mol. The third-order valence-corrected chi connectivity index (χ3v) is 3.51. The summed E-state index contributed by atoms with van der Waals surface area (Å²) >= 11 is 0. The molecule has 1 aromatic rings. The van der Waals surface area contributed by atoms with Crippen molar-refractivity contribution in [2.75, 3.05) is 19.1 Å². The molecule has 1 heterocycles.